The largest absolute Gasteiger partial charge is 0.325 e. The van der Waals surface area contributed by atoms with E-state index in [9.17, 15) is 4.79 Å². The molecule has 1 heterocycles. The van der Waals surface area contributed by atoms with Crippen molar-refractivity contribution in [3.8, 4) is 0 Å². The number of carbonyl (C=O) groups is 1. The molecule has 1 aromatic heterocycles. The van der Waals surface area contributed by atoms with Crippen LogP contribution in [-0.2, 0) is 11.8 Å². The first-order valence-electron chi connectivity index (χ1n) is 6.36. The number of aromatic nitrogens is 3. The van der Waals surface area contributed by atoms with E-state index in [2.05, 4.69) is 15.5 Å². The summed E-state index contributed by atoms with van der Waals surface area (Å²) in [5.41, 5.74) is 3.04. The van der Waals surface area contributed by atoms with E-state index in [0.717, 1.165) is 22.0 Å². The zero-order valence-corrected chi connectivity index (χ0v) is 12.9. The molecule has 5 nitrogen and oxygen atoms in total. The number of rotatable bonds is 4. The van der Waals surface area contributed by atoms with Crippen LogP contribution in [0.15, 0.2) is 29.7 Å². The van der Waals surface area contributed by atoms with Gasteiger partial charge >= 0.3 is 0 Å². The molecule has 1 amide bonds. The normalized spacial score (nSPS) is 12.2. The summed E-state index contributed by atoms with van der Waals surface area (Å²) in [6, 6.07) is 6.01. The number of hydrogen-bond donors (Lipinski definition) is 1. The molecule has 1 atom stereocenters. The molecule has 1 aromatic carbocycles. The molecule has 1 N–H and O–H groups in total. The summed E-state index contributed by atoms with van der Waals surface area (Å²) in [5, 5.41) is 11.2. The van der Waals surface area contributed by atoms with Gasteiger partial charge in [-0.15, -0.1) is 10.2 Å². The lowest BCUT2D eigenvalue weighted by Crippen LogP contribution is -2.23. The number of hydrogen-bond acceptors (Lipinski definition) is 4. The zero-order chi connectivity index (χ0) is 14.7. The predicted molar refractivity (Wildman–Crippen MR) is 80.9 cm³/mol. The third-order valence-corrected chi connectivity index (χ3v) is 4.12. The Bertz CT molecular complexity index is 623. The van der Waals surface area contributed by atoms with Crippen LogP contribution in [0.25, 0.3) is 0 Å². The van der Waals surface area contributed by atoms with Crippen LogP contribution in [0.3, 0.4) is 0 Å². The number of aryl methyl sites for hydroxylation is 3. The topological polar surface area (TPSA) is 59.8 Å². The average molecular weight is 290 g/mol. The molecule has 0 bridgehead atoms. The zero-order valence-electron chi connectivity index (χ0n) is 12.0. The average Bonchev–Trinajstić information content (AvgIpc) is 2.79. The van der Waals surface area contributed by atoms with E-state index in [-0.39, 0.29) is 11.2 Å². The number of nitrogens with one attached hydrogen (secondary N) is 1. The second kappa shape index (κ2) is 6.09. The Balaban J connectivity index is 2.04. The molecule has 2 rings (SSSR count). The summed E-state index contributed by atoms with van der Waals surface area (Å²) in [4.78, 5) is 12.2. The Morgan fingerprint density at radius 1 is 1.40 bits per heavy atom. The van der Waals surface area contributed by atoms with Crippen molar-refractivity contribution >= 4 is 23.4 Å². The Morgan fingerprint density at radius 3 is 2.80 bits per heavy atom. The third kappa shape index (κ3) is 3.39. The van der Waals surface area contributed by atoms with Crippen molar-refractivity contribution in [2.45, 2.75) is 31.2 Å². The fraction of sp³-hybridized carbons (Fsp3) is 0.357. The van der Waals surface area contributed by atoms with E-state index in [1.54, 1.807) is 10.9 Å². The van der Waals surface area contributed by atoms with Crippen LogP contribution in [0.4, 0.5) is 5.69 Å². The van der Waals surface area contributed by atoms with Gasteiger partial charge < -0.3 is 9.88 Å². The van der Waals surface area contributed by atoms with Crippen molar-refractivity contribution in [3.63, 3.8) is 0 Å². The number of amides is 1. The minimum absolute atomic E-state index is 0.0355. The van der Waals surface area contributed by atoms with Crippen molar-refractivity contribution in [2.24, 2.45) is 7.05 Å². The minimum atomic E-state index is -0.238. The molecule has 106 valence electrons. The highest BCUT2D eigenvalue weighted by atomic mass is 32.2. The van der Waals surface area contributed by atoms with Crippen LogP contribution >= 0.6 is 11.8 Å². The summed E-state index contributed by atoms with van der Waals surface area (Å²) in [6.45, 7) is 5.85. The number of anilines is 1. The van der Waals surface area contributed by atoms with E-state index in [4.69, 9.17) is 0 Å². The van der Waals surface area contributed by atoms with Crippen molar-refractivity contribution in [1.29, 1.82) is 0 Å². The van der Waals surface area contributed by atoms with Crippen molar-refractivity contribution < 1.29 is 4.79 Å². The number of carbonyl (C=O) groups excluding carboxylic acids is 1. The molecule has 0 saturated heterocycles. The second-order valence-corrected chi connectivity index (χ2v) is 6.10. The van der Waals surface area contributed by atoms with Crippen LogP contribution < -0.4 is 5.32 Å². The molecule has 0 aliphatic rings. The number of nitrogens with zero attached hydrogens (tertiary/aromatic N) is 3. The van der Waals surface area contributed by atoms with Crippen LogP contribution in [0, 0.1) is 13.8 Å². The Labute approximate surface area is 122 Å². The van der Waals surface area contributed by atoms with Gasteiger partial charge in [-0.1, -0.05) is 23.9 Å². The van der Waals surface area contributed by atoms with Gasteiger partial charge in [0.1, 0.15) is 6.33 Å². The van der Waals surface area contributed by atoms with Crippen LogP contribution in [0.2, 0.25) is 0 Å². The lowest BCUT2D eigenvalue weighted by Gasteiger charge is -2.13. The van der Waals surface area contributed by atoms with Crippen LogP contribution in [-0.4, -0.2) is 25.9 Å². The van der Waals surface area contributed by atoms with Gasteiger partial charge in [0.05, 0.1) is 5.25 Å². The quantitative estimate of drug-likeness (QED) is 0.879. The molecule has 0 saturated carbocycles. The number of benzene rings is 1. The Kier molecular flexibility index (Phi) is 4.44. The van der Waals surface area contributed by atoms with Crippen molar-refractivity contribution in [1.82, 2.24) is 14.8 Å². The molecule has 0 fully saturated rings. The fourth-order valence-corrected chi connectivity index (χ4v) is 2.49. The maximum absolute atomic E-state index is 12.2. The van der Waals surface area contributed by atoms with E-state index in [0.29, 0.717) is 0 Å². The Hall–Kier alpha value is -1.82. The van der Waals surface area contributed by atoms with Gasteiger partial charge in [0.25, 0.3) is 0 Å². The molecule has 20 heavy (non-hydrogen) atoms. The van der Waals surface area contributed by atoms with Gasteiger partial charge in [0.15, 0.2) is 5.16 Å². The standard InChI is InChI=1S/C14H18N4OS/c1-9-5-6-10(2)12(7-9)16-13(19)11(3)20-14-17-15-8-18(14)4/h5-8,11H,1-4H3,(H,16,19). The third-order valence-electron chi connectivity index (χ3n) is 2.97. The van der Waals surface area contributed by atoms with E-state index < -0.39 is 0 Å². The molecule has 0 spiro atoms. The molecular formula is C14H18N4OS. The Morgan fingerprint density at radius 2 is 2.15 bits per heavy atom. The highest BCUT2D eigenvalue weighted by molar-refractivity contribution is 8.00. The summed E-state index contributed by atoms with van der Waals surface area (Å²) in [7, 11) is 1.86. The first-order chi connectivity index (χ1) is 9.47. The lowest BCUT2D eigenvalue weighted by atomic mass is 10.1. The summed E-state index contributed by atoms with van der Waals surface area (Å²) in [5.74, 6) is -0.0355. The van der Waals surface area contributed by atoms with Crippen LogP contribution in [0.5, 0.6) is 0 Å². The predicted octanol–water partition coefficient (Wildman–Crippen LogP) is 2.55. The SMILES string of the molecule is Cc1ccc(C)c(NC(=O)C(C)Sc2nncn2C)c1. The molecule has 1 unspecified atom stereocenters. The molecule has 0 aliphatic heterocycles. The van der Waals surface area contributed by atoms with Crippen LogP contribution in [0.1, 0.15) is 18.1 Å². The molecular weight excluding hydrogens is 272 g/mol. The molecule has 0 radical (unpaired) electrons. The monoisotopic (exact) mass is 290 g/mol. The maximum Gasteiger partial charge on any atom is 0.237 e. The first-order valence-corrected chi connectivity index (χ1v) is 7.24. The molecule has 6 heteroatoms. The smallest absolute Gasteiger partial charge is 0.237 e. The van der Waals surface area contributed by atoms with Crippen molar-refractivity contribution in [2.75, 3.05) is 5.32 Å². The van der Waals surface area contributed by atoms with Gasteiger partial charge in [-0.2, -0.15) is 0 Å². The lowest BCUT2D eigenvalue weighted by molar-refractivity contribution is -0.115. The minimum Gasteiger partial charge on any atom is -0.325 e. The summed E-state index contributed by atoms with van der Waals surface area (Å²) in [6.07, 6.45) is 1.62. The van der Waals surface area contributed by atoms with Gasteiger partial charge in [-0.05, 0) is 38.0 Å². The second-order valence-electron chi connectivity index (χ2n) is 4.79. The van der Waals surface area contributed by atoms with E-state index >= 15 is 0 Å². The highest BCUT2D eigenvalue weighted by Gasteiger charge is 2.17. The van der Waals surface area contributed by atoms with Gasteiger partial charge in [-0.25, -0.2) is 0 Å². The highest BCUT2D eigenvalue weighted by Crippen LogP contribution is 2.22. The first kappa shape index (κ1) is 14.6. The van der Waals surface area contributed by atoms with E-state index in [1.807, 2.05) is 46.0 Å². The van der Waals surface area contributed by atoms with Crippen molar-refractivity contribution in [3.05, 3.63) is 35.7 Å². The van der Waals surface area contributed by atoms with Gasteiger partial charge in [0.2, 0.25) is 5.91 Å². The summed E-state index contributed by atoms with van der Waals surface area (Å²) < 4.78 is 1.80. The maximum atomic E-state index is 12.2. The molecule has 2 aromatic rings. The fourth-order valence-electron chi connectivity index (χ4n) is 1.70. The van der Waals surface area contributed by atoms with Gasteiger partial charge in [-0.3, -0.25) is 4.79 Å². The summed E-state index contributed by atoms with van der Waals surface area (Å²) >= 11 is 1.39. The molecule has 0 aliphatic carbocycles. The van der Waals surface area contributed by atoms with Gasteiger partial charge in [0, 0.05) is 12.7 Å². The number of thioether (sulfide) groups is 1. The van der Waals surface area contributed by atoms with E-state index in [1.165, 1.54) is 11.8 Å².